The summed E-state index contributed by atoms with van der Waals surface area (Å²) < 4.78 is 10.1. The lowest BCUT2D eigenvalue weighted by Crippen LogP contribution is -2.22. The van der Waals surface area contributed by atoms with Gasteiger partial charge in [0.1, 0.15) is 11.4 Å². The molecule has 1 aliphatic carbocycles. The molecule has 0 aliphatic heterocycles. The maximum absolute atomic E-state index is 12.9. The van der Waals surface area contributed by atoms with Crippen LogP contribution in [0.25, 0.3) is 11.3 Å². The summed E-state index contributed by atoms with van der Waals surface area (Å²) in [5, 5.41) is 11.1. The van der Waals surface area contributed by atoms with Crippen LogP contribution in [-0.2, 0) is 16.0 Å². The zero-order valence-electron chi connectivity index (χ0n) is 21.3. The number of pyridine rings is 1. The van der Waals surface area contributed by atoms with Crippen molar-refractivity contribution in [2.45, 2.75) is 45.4 Å². The van der Waals surface area contributed by atoms with E-state index >= 15 is 0 Å². The second-order valence-corrected chi connectivity index (χ2v) is 9.79. The monoisotopic (exact) mass is 523 g/mol. The number of ketones is 1. The average Bonchev–Trinajstić information content (AvgIpc) is 3.73. The molecule has 3 aromatic rings. The van der Waals surface area contributed by atoms with Crippen molar-refractivity contribution in [1.82, 2.24) is 15.0 Å². The number of phenolic OH excluding ortho intramolecular Hbond substituents is 1. The Morgan fingerprint density at radius 1 is 1.16 bits per heavy atom. The molecule has 2 heterocycles. The average molecular weight is 524 g/mol. The van der Waals surface area contributed by atoms with Gasteiger partial charge in [-0.25, -0.2) is 15.0 Å². The Balaban J connectivity index is 1.46. The van der Waals surface area contributed by atoms with E-state index in [4.69, 9.17) is 21.1 Å². The lowest BCUT2D eigenvalue weighted by atomic mass is 9.82. The van der Waals surface area contributed by atoms with E-state index < -0.39 is 0 Å². The molecule has 37 heavy (non-hydrogen) atoms. The molecule has 0 amide bonds. The molecule has 2 atom stereocenters. The van der Waals surface area contributed by atoms with E-state index in [-0.39, 0.29) is 41.5 Å². The molecule has 1 saturated carbocycles. The number of phenols is 1. The molecule has 1 aliphatic rings. The Hall–Kier alpha value is -3.52. The third kappa shape index (κ3) is 5.91. The van der Waals surface area contributed by atoms with Gasteiger partial charge in [-0.2, -0.15) is 0 Å². The van der Waals surface area contributed by atoms with Crippen LogP contribution in [0.3, 0.4) is 0 Å². The fraction of sp³-hybridized carbons (Fsp3) is 0.393. The van der Waals surface area contributed by atoms with Crippen LogP contribution in [0.2, 0.25) is 5.02 Å². The van der Waals surface area contributed by atoms with Crippen LogP contribution in [0.4, 0.5) is 0 Å². The molecular formula is C28H30ClN3O5. The minimum atomic E-state index is -0.294. The summed E-state index contributed by atoms with van der Waals surface area (Å²) in [6.07, 6.45) is 5.62. The molecule has 1 N–H and O–H groups in total. The summed E-state index contributed by atoms with van der Waals surface area (Å²) in [5.74, 6) is 0.206. The first-order valence-corrected chi connectivity index (χ1v) is 12.6. The third-order valence-electron chi connectivity index (χ3n) is 6.88. The maximum Gasteiger partial charge on any atom is 0.309 e. The van der Waals surface area contributed by atoms with Crippen LogP contribution in [-0.4, -0.2) is 46.0 Å². The molecular weight excluding hydrogens is 494 g/mol. The molecule has 0 radical (unpaired) electrons. The molecule has 0 saturated heterocycles. The molecule has 0 bridgehead atoms. The van der Waals surface area contributed by atoms with Crippen molar-refractivity contribution in [3.05, 3.63) is 64.2 Å². The van der Waals surface area contributed by atoms with Gasteiger partial charge in [0.2, 0.25) is 5.88 Å². The molecule has 1 fully saturated rings. The number of hydrogen-bond acceptors (Lipinski definition) is 8. The topological polar surface area (TPSA) is 112 Å². The number of methoxy groups -OCH3 is 2. The van der Waals surface area contributed by atoms with Crippen LogP contribution in [0.5, 0.6) is 11.6 Å². The Morgan fingerprint density at radius 3 is 2.54 bits per heavy atom. The first-order chi connectivity index (χ1) is 17.7. The van der Waals surface area contributed by atoms with Gasteiger partial charge in [-0.3, -0.25) is 9.59 Å². The van der Waals surface area contributed by atoms with Crippen molar-refractivity contribution in [3.8, 4) is 22.9 Å². The van der Waals surface area contributed by atoms with E-state index in [9.17, 15) is 14.7 Å². The number of hydrogen-bond donors (Lipinski definition) is 1. The predicted octanol–water partition coefficient (Wildman–Crippen LogP) is 5.33. The molecule has 9 heteroatoms. The summed E-state index contributed by atoms with van der Waals surface area (Å²) >= 11 is 6.27. The van der Waals surface area contributed by atoms with Gasteiger partial charge >= 0.3 is 5.97 Å². The van der Waals surface area contributed by atoms with Crippen LogP contribution in [0, 0.1) is 18.8 Å². The van der Waals surface area contributed by atoms with E-state index in [0.29, 0.717) is 45.8 Å². The first kappa shape index (κ1) is 26.5. The van der Waals surface area contributed by atoms with Crippen LogP contribution < -0.4 is 4.74 Å². The van der Waals surface area contributed by atoms with Gasteiger partial charge in [-0.1, -0.05) is 30.7 Å². The van der Waals surface area contributed by atoms with Crippen molar-refractivity contribution in [2.24, 2.45) is 11.8 Å². The van der Waals surface area contributed by atoms with Crippen molar-refractivity contribution in [2.75, 3.05) is 14.2 Å². The number of aryl methyl sites for hydroxylation is 2. The highest BCUT2D eigenvalue weighted by atomic mass is 35.5. The van der Waals surface area contributed by atoms with Crippen molar-refractivity contribution >= 4 is 23.4 Å². The highest BCUT2D eigenvalue weighted by Crippen LogP contribution is 2.47. The standard InChI is InChI=1S/C28H30ClN3O5/c1-15(28(35)37-4)26(18-6-7-18)19-8-5-17(24(34)11-19)9-10-23(33)27-16(2)32-22(14-31-27)20-12-25(36-3)30-13-21(20)29/h5,8,11-15,18,26,34H,6-7,9-10H2,1-4H3/t15-,26-/m0/s1. The van der Waals surface area contributed by atoms with Gasteiger partial charge in [0.15, 0.2) is 5.78 Å². The fourth-order valence-electron chi connectivity index (χ4n) is 4.74. The number of ether oxygens (including phenoxy) is 2. The van der Waals surface area contributed by atoms with Gasteiger partial charge in [0, 0.05) is 18.1 Å². The SMILES string of the molecule is COC(=O)[C@@H](C)[C@H](c1ccc(CCC(=O)c2ncc(-c3cc(OC)ncc3Cl)nc2C)c(O)c1)C1CC1. The van der Waals surface area contributed by atoms with Gasteiger partial charge in [0.25, 0.3) is 0 Å². The Morgan fingerprint density at radius 2 is 1.92 bits per heavy atom. The number of Topliss-reactive ketones (excluding diaryl/α,β-unsaturated/α-hetero) is 1. The van der Waals surface area contributed by atoms with Crippen molar-refractivity contribution in [3.63, 3.8) is 0 Å². The highest BCUT2D eigenvalue weighted by Gasteiger charge is 2.39. The molecule has 2 aromatic heterocycles. The number of halogens is 1. The second kappa shape index (κ2) is 11.3. The molecule has 8 nitrogen and oxygen atoms in total. The van der Waals surface area contributed by atoms with Gasteiger partial charge in [0.05, 0.1) is 48.9 Å². The number of carbonyl (C=O) groups excluding carboxylic acids is 2. The summed E-state index contributed by atoms with van der Waals surface area (Å²) in [7, 11) is 2.91. The maximum atomic E-state index is 12.9. The summed E-state index contributed by atoms with van der Waals surface area (Å²) in [6.45, 7) is 3.59. The third-order valence-corrected chi connectivity index (χ3v) is 7.18. The van der Waals surface area contributed by atoms with Gasteiger partial charge in [-0.15, -0.1) is 0 Å². The normalized spacial score (nSPS) is 14.6. The number of aromatic nitrogens is 3. The lowest BCUT2D eigenvalue weighted by Gasteiger charge is -2.23. The van der Waals surface area contributed by atoms with Crippen LogP contribution in [0.15, 0.2) is 36.7 Å². The van der Waals surface area contributed by atoms with E-state index in [2.05, 4.69) is 15.0 Å². The smallest absolute Gasteiger partial charge is 0.309 e. The summed E-state index contributed by atoms with van der Waals surface area (Å²) in [4.78, 5) is 38.0. The molecule has 1 aromatic carbocycles. The van der Waals surface area contributed by atoms with E-state index in [0.717, 1.165) is 18.4 Å². The number of benzene rings is 1. The van der Waals surface area contributed by atoms with Crippen molar-refractivity contribution < 1.29 is 24.2 Å². The number of aromatic hydroxyl groups is 1. The predicted molar refractivity (Wildman–Crippen MR) is 139 cm³/mol. The zero-order valence-corrected chi connectivity index (χ0v) is 22.1. The quantitative estimate of drug-likeness (QED) is 0.280. The fourth-order valence-corrected chi connectivity index (χ4v) is 4.94. The molecule has 0 unspecified atom stereocenters. The van der Waals surface area contributed by atoms with Crippen molar-refractivity contribution in [1.29, 1.82) is 0 Å². The second-order valence-electron chi connectivity index (χ2n) is 9.38. The number of esters is 1. The Bertz CT molecular complexity index is 1330. The molecule has 0 spiro atoms. The highest BCUT2D eigenvalue weighted by molar-refractivity contribution is 6.33. The Kier molecular flexibility index (Phi) is 8.07. The summed E-state index contributed by atoms with van der Waals surface area (Å²) in [6, 6.07) is 7.15. The van der Waals surface area contributed by atoms with Gasteiger partial charge in [-0.05, 0) is 55.2 Å². The number of rotatable bonds is 10. The molecule has 4 rings (SSSR count). The van der Waals surface area contributed by atoms with E-state index in [1.54, 1.807) is 19.1 Å². The minimum absolute atomic E-state index is 0.000613. The van der Waals surface area contributed by atoms with Crippen LogP contribution in [0.1, 0.15) is 59.4 Å². The van der Waals surface area contributed by atoms with Gasteiger partial charge < -0.3 is 14.6 Å². The number of nitrogens with zero attached hydrogens (tertiary/aromatic N) is 3. The van der Waals surface area contributed by atoms with E-state index in [1.165, 1.54) is 26.6 Å². The molecule has 194 valence electrons. The zero-order chi connectivity index (χ0) is 26.7. The largest absolute Gasteiger partial charge is 0.508 e. The lowest BCUT2D eigenvalue weighted by molar-refractivity contribution is -0.145. The Labute approximate surface area is 221 Å². The van der Waals surface area contributed by atoms with E-state index in [1.807, 2.05) is 19.1 Å². The summed E-state index contributed by atoms with van der Waals surface area (Å²) in [5.41, 5.74) is 3.46. The van der Waals surface area contributed by atoms with Crippen LogP contribution >= 0.6 is 11.6 Å². The number of carbonyl (C=O) groups is 2. The minimum Gasteiger partial charge on any atom is -0.508 e. The first-order valence-electron chi connectivity index (χ1n) is 12.2.